The summed E-state index contributed by atoms with van der Waals surface area (Å²) in [5.41, 5.74) is 2.27. The van der Waals surface area contributed by atoms with E-state index in [1.807, 2.05) is 42.3 Å². The van der Waals surface area contributed by atoms with Gasteiger partial charge in [-0.2, -0.15) is 0 Å². The van der Waals surface area contributed by atoms with Crippen LogP contribution in [0.15, 0.2) is 36.5 Å². The van der Waals surface area contributed by atoms with Crippen molar-refractivity contribution in [3.8, 4) is 11.4 Å². The number of aromatic nitrogens is 2. The zero-order valence-corrected chi connectivity index (χ0v) is 9.42. The predicted molar refractivity (Wildman–Crippen MR) is 65.1 cm³/mol. The van der Waals surface area contributed by atoms with E-state index >= 15 is 0 Å². The second kappa shape index (κ2) is 3.66. The van der Waals surface area contributed by atoms with Crippen LogP contribution in [0.3, 0.4) is 0 Å². The van der Waals surface area contributed by atoms with E-state index in [1.54, 1.807) is 6.20 Å². The molecule has 0 fully saturated rings. The molecule has 1 aromatic carbocycles. The van der Waals surface area contributed by atoms with E-state index in [0.717, 1.165) is 11.3 Å². The number of carbonyl (C=O) groups excluding carboxylic acids is 1. The highest BCUT2D eigenvalue weighted by atomic mass is 16.1. The third-order valence-corrected chi connectivity index (χ3v) is 2.86. The van der Waals surface area contributed by atoms with E-state index in [1.165, 1.54) is 0 Å². The van der Waals surface area contributed by atoms with Crippen molar-refractivity contribution < 1.29 is 4.79 Å². The maximum Gasteiger partial charge on any atom is 0.202 e. The second-order valence-corrected chi connectivity index (χ2v) is 4.07. The Labute approximate surface area is 98.9 Å². The van der Waals surface area contributed by atoms with Crippen LogP contribution < -0.4 is 4.90 Å². The van der Waals surface area contributed by atoms with Gasteiger partial charge in [0, 0.05) is 12.6 Å². The monoisotopic (exact) mass is 225 g/mol. The number of nitrogens with zero attached hydrogens (tertiary/aromatic N) is 3. The fourth-order valence-electron chi connectivity index (χ4n) is 1.96. The van der Waals surface area contributed by atoms with Crippen molar-refractivity contribution in [3.63, 3.8) is 0 Å². The zero-order valence-electron chi connectivity index (χ0n) is 9.42. The number of ketones is 1. The highest BCUT2D eigenvalue weighted by molar-refractivity contribution is 6.06. The third-order valence-electron chi connectivity index (χ3n) is 2.86. The minimum atomic E-state index is 0.0575. The summed E-state index contributed by atoms with van der Waals surface area (Å²) < 4.78 is 0. The molecule has 0 amide bonds. The molecule has 17 heavy (non-hydrogen) atoms. The predicted octanol–water partition coefficient (Wildman–Crippen LogP) is 1.78. The van der Waals surface area contributed by atoms with Gasteiger partial charge in [0.1, 0.15) is 5.69 Å². The first kappa shape index (κ1) is 9.96. The summed E-state index contributed by atoms with van der Waals surface area (Å²) in [7, 11) is 1.87. The molecular weight excluding hydrogens is 214 g/mol. The van der Waals surface area contributed by atoms with Crippen molar-refractivity contribution in [1.29, 1.82) is 0 Å². The Morgan fingerprint density at radius 1 is 1.24 bits per heavy atom. The van der Waals surface area contributed by atoms with Gasteiger partial charge in [-0.1, -0.05) is 30.3 Å². The van der Waals surface area contributed by atoms with Gasteiger partial charge in [-0.05, 0) is 0 Å². The summed E-state index contributed by atoms with van der Waals surface area (Å²) in [6.07, 6.45) is 1.72. The van der Waals surface area contributed by atoms with Crippen LogP contribution in [0, 0.1) is 0 Å². The van der Waals surface area contributed by atoms with Crippen LogP contribution >= 0.6 is 0 Å². The minimum Gasteiger partial charge on any atom is -0.364 e. The Hall–Kier alpha value is -2.23. The number of hydrogen-bond donors (Lipinski definition) is 0. The lowest BCUT2D eigenvalue weighted by molar-refractivity contribution is 0.101. The highest BCUT2D eigenvalue weighted by Crippen LogP contribution is 2.26. The van der Waals surface area contributed by atoms with Gasteiger partial charge < -0.3 is 4.90 Å². The maximum absolute atomic E-state index is 11.7. The molecule has 2 heterocycles. The standard InChI is InChI=1S/C13H11N3O/c1-16-8-11(17)12-10(16)7-14-13(15-12)9-5-3-2-4-6-9/h2-7H,8H2,1H3. The van der Waals surface area contributed by atoms with Crippen molar-refractivity contribution in [2.75, 3.05) is 18.5 Å². The molecule has 4 heteroatoms. The number of fused-ring (bicyclic) bond motifs is 1. The second-order valence-electron chi connectivity index (χ2n) is 4.07. The fraction of sp³-hybridized carbons (Fsp3) is 0.154. The lowest BCUT2D eigenvalue weighted by Crippen LogP contribution is -2.15. The number of anilines is 1. The Kier molecular flexibility index (Phi) is 2.14. The summed E-state index contributed by atoms with van der Waals surface area (Å²) >= 11 is 0. The SMILES string of the molecule is CN1CC(=O)c2nc(-c3ccccc3)ncc21. The van der Waals surface area contributed by atoms with Crippen molar-refractivity contribution >= 4 is 11.5 Å². The lowest BCUT2D eigenvalue weighted by atomic mass is 10.2. The van der Waals surface area contributed by atoms with Gasteiger partial charge in [0.05, 0.1) is 18.4 Å². The van der Waals surface area contributed by atoms with Gasteiger partial charge in [0.25, 0.3) is 0 Å². The maximum atomic E-state index is 11.7. The molecule has 0 unspecified atom stereocenters. The molecule has 1 aliphatic heterocycles. The molecule has 84 valence electrons. The molecule has 2 aromatic rings. The first-order valence-electron chi connectivity index (χ1n) is 5.42. The number of hydrogen-bond acceptors (Lipinski definition) is 4. The fourth-order valence-corrected chi connectivity index (χ4v) is 1.96. The summed E-state index contributed by atoms with van der Waals surface area (Å²) in [6.45, 7) is 0.391. The summed E-state index contributed by atoms with van der Waals surface area (Å²) in [6, 6.07) is 9.67. The highest BCUT2D eigenvalue weighted by Gasteiger charge is 2.26. The molecule has 1 aliphatic rings. The summed E-state index contributed by atoms with van der Waals surface area (Å²) in [5, 5.41) is 0. The van der Waals surface area contributed by atoms with Gasteiger partial charge in [0.2, 0.25) is 5.78 Å². The van der Waals surface area contributed by atoms with Crippen molar-refractivity contribution in [3.05, 3.63) is 42.2 Å². The number of rotatable bonds is 1. The molecule has 4 nitrogen and oxygen atoms in total. The van der Waals surface area contributed by atoms with E-state index in [2.05, 4.69) is 9.97 Å². The van der Waals surface area contributed by atoms with Crippen LogP contribution in [0.2, 0.25) is 0 Å². The summed E-state index contributed by atoms with van der Waals surface area (Å²) in [5.74, 6) is 0.662. The first-order chi connectivity index (χ1) is 8.25. The van der Waals surface area contributed by atoms with Crippen LogP contribution in [-0.2, 0) is 0 Å². The van der Waals surface area contributed by atoms with E-state index in [4.69, 9.17) is 0 Å². The summed E-state index contributed by atoms with van der Waals surface area (Å²) in [4.78, 5) is 22.2. The molecule has 0 atom stereocenters. The molecule has 1 aromatic heterocycles. The number of benzene rings is 1. The molecular formula is C13H11N3O. The van der Waals surface area contributed by atoms with Gasteiger partial charge in [-0.15, -0.1) is 0 Å². The molecule has 0 bridgehead atoms. The number of likely N-dealkylation sites (N-methyl/N-ethyl adjacent to an activating group) is 1. The molecule has 0 spiro atoms. The number of carbonyl (C=O) groups is 1. The first-order valence-corrected chi connectivity index (χ1v) is 5.42. The molecule has 0 aliphatic carbocycles. The van der Waals surface area contributed by atoms with Crippen molar-refractivity contribution in [2.45, 2.75) is 0 Å². The molecule has 0 N–H and O–H groups in total. The molecule has 0 saturated heterocycles. The average molecular weight is 225 g/mol. The Morgan fingerprint density at radius 3 is 2.76 bits per heavy atom. The normalized spacial score (nSPS) is 13.9. The zero-order chi connectivity index (χ0) is 11.8. The van der Waals surface area contributed by atoms with Gasteiger partial charge in [0.15, 0.2) is 5.82 Å². The molecule has 3 rings (SSSR count). The lowest BCUT2D eigenvalue weighted by Gasteiger charge is -2.09. The minimum absolute atomic E-state index is 0.0575. The Balaban J connectivity index is 2.11. The van der Waals surface area contributed by atoms with E-state index < -0.39 is 0 Å². The van der Waals surface area contributed by atoms with Gasteiger partial charge >= 0.3 is 0 Å². The molecule has 0 radical (unpaired) electrons. The van der Waals surface area contributed by atoms with E-state index in [0.29, 0.717) is 18.1 Å². The van der Waals surface area contributed by atoms with Crippen LogP contribution in [0.25, 0.3) is 11.4 Å². The topological polar surface area (TPSA) is 46.1 Å². The van der Waals surface area contributed by atoms with Crippen LogP contribution in [-0.4, -0.2) is 29.3 Å². The van der Waals surface area contributed by atoms with E-state index in [-0.39, 0.29) is 5.78 Å². The quantitative estimate of drug-likeness (QED) is 0.742. The van der Waals surface area contributed by atoms with Gasteiger partial charge in [-0.25, -0.2) is 9.97 Å². The Bertz CT molecular complexity index is 580. The van der Waals surface area contributed by atoms with Crippen LogP contribution in [0.5, 0.6) is 0 Å². The third kappa shape index (κ3) is 1.58. The Morgan fingerprint density at radius 2 is 2.00 bits per heavy atom. The van der Waals surface area contributed by atoms with E-state index in [9.17, 15) is 4.79 Å². The average Bonchev–Trinajstić information content (AvgIpc) is 2.66. The smallest absolute Gasteiger partial charge is 0.202 e. The number of Topliss-reactive ketones (excluding diaryl/α,β-unsaturated/α-hetero) is 1. The van der Waals surface area contributed by atoms with Crippen molar-refractivity contribution in [2.24, 2.45) is 0 Å². The van der Waals surface area contributed by atoms with Crippen LogP contribution in [0.4, 0.5) is 5.69 Å². The molecule has 0 saturated carbocycles. The largest absolute Gasteiger partial charge is 0.364 e. The van der Waals surface area contributed by atoms with Crippen molar-refractivity contribution in [1.82, 2.24) is 9.97 Å². The van der Waals surface area contributed by atoms with Gasteiger partial charge in [-0.3, -0.25) is 4.79 Å². The van der Waals surface area contributed by atoms with Crippen LogP contribution in [0.1, 0.15) is 10.5 Å².